The van der Waals surface area contributed by atoms with Crippen LogP contribution < -0.4 is 15.8 Å². The number of methoxy groups -OCH3 is 1. The van der Waals surface area contributed by atoms with Gasteiger partial charge in [0.2, 0.25) is 10.0 Å². The van der Waals surface area contributed by atoms with Gasteiger partial charge in [-0.05, 0) is 67.9 Å². The molecule has 1 aromatic heterocycles. The van der Waals surface area contributed by atoms with E-state index in [0.717, 1.165) is 24.8 Å². The molecule has 4 bridgehead atoms. The number of anilines is 1. The van der Waals surface area contributed by atoms with Gasteiger partial charge in [-0.3, -0.25) is 0 Å². The van der Waals surface area contributed by atoms with Crippen molar-refractivity contribution in [3.63, 3.8) is 0 Å². The van der Waals surface area contributed by atoms with Gasteiger partial charge in [0.25, 0.3) is 6.01 Å². The molecule has 1 amide bonds. The standard InChI is InChI=1S/C32H42N4O8S/c1-19(2)17-36(45(38,39)25-9-10-26-27(16-25)43-31(33)35-26)12-11-23(13-20-5-4-6-24(14-20)40-3)34-32(37)44-29-22-8-7-21-15-28(29)42-30(21)41-18-22/h4-6,9-10,14,16,19,21-23,28-30H,7-8,11-13,15,17-18H2,1-3H3,(H2,33,35)(H,34,37)/t21?,22?,23-,28?,29?,30?/m1/s1. The van der Waals surface area contributed by atoms with Crippen LogP contribution in [-0.4, -0.2) is 75.1 Å². The summed E-state index contributed by atoms with van der Waals surface area (Å²) in [5.74, 6) is 1.18. The fraction of sp³-hybridized carbons (Fsp3) is 0.562. The zero-order valence-corrected chi connectivity index (χ0v) is 26.7. The van der Waals surface area contributed by atoms with E-state index < -0.39 is 28.3 Å². The topological polar surface area (TPSA) is 155 Å². The number of ether oxygens (including phenoxy) is 4. The summed E-state index contributed by atoms with van der Waals surface area (Å²) in [5.41, 5.74) is 7.40. The molecule has 12 nitrogen and oxygen atoms in total. The van der Waals surface area contributed by atoms with E-state index in [1.54, 1.807) is 13.2 Å². The fourth-order valence-corrected chi connectivity index (χ4v) is 8.37. The Kier molecular flexibility index (Phi) is 9.23. The number of fused-ring (bicyclic) bond motifs is 3. The SMILES string of the molecule is COc1cccc(C[C@@H](CCN(CC(C)C)S(=O)(=O)c2ccc3nc(N)oc3c2)NC(=O)OC2C3CCC4CC2OC4OC3)c1. The summed E-state index contributed by atoms with van der Waals surface area (Å²) in [5, 5.41) is 3.06. The van der Waals surface area contributed by atoms with Crippen LogP contribution in [0.3, 0.4) is 0 Å². The maximum absolute atomic E-state index is 13.9. The van der Waals surface area contributed by atoms with Crippen LogP contribution in [-0.2, 0) is 30.7 Å². The van der Waals surface area contributed by atoms with Gasteiger partial charge in [-0.15, -0.1) is 0 Å². The van der Waals surface area contributed by atoms with Gasteiger partial charge in [-0.1, -0.05) is 26.0 Å². The molecule has 3 aromatic rings. The molecule has 1 aliphatic carbocycles. The van der Waals surface area contributed by atoms with E-state index >= 15 is 0 Å². The Morgan fingerprint density at radius 2 is 2.00 bits per heavy atom. The monoisotopic (exact) mass is 642 g/mol. The molecule has 1 saturated carbocycles. The van der Waals surface area contributed by atoms with Gasteiger partial charge in [0.15, 0.2) is 11.9 Å². The predicted molar refractivity (Wildman–Crippen MR) is 166 cm³/mol. The summed E-state index contributed by atoms with van der Waals surface area (Å²) in [6.07, 6.45) is 2.22. The molecule has 3 saturated heterocycles. The van der Waals surface area contributed by atoms with Crippen LogP contribution in [0, 0.1) is 17.8 Å². The van der Waals surface area contributed by atoms with Crippen LogP contribution in [0.4, 0.5) is 10.8 Å². The number of nitrogens with two attached hydrogens (primary N) is 1. The Balaban J connectivity index is 1.20. The van der Waals surface area contributed by atoms with Crippen molar-refractivity contribution in [2.45, 2.75) is 75.4 Å². The average Bonchev–Trinajstić information content (AvgIpc) is 3.40. The Hall–Kier alpha value is -3.39. The van der Waals surface area contributed by atoms with Crippen molar-refractivity contribution < 1.29 is 36.6 Å². The van der Waals surface area contributed by atoms with Crippen molar-refractivity contribution in [1.29, 1.82) is 0 Å². The Bertz CT molecular complexity index is 1590. The molecule has 6 atom stereocenters. The lowest BCUT2D eigenvalue weighted by Gasteiger charge is -2.29. The summed E-state index contributed by atoms with van der Waals surface area (Å²) in [6.45, 7) is 4.90. The number of hydrogen-bond donors (Lipinski definition) is 2. The number of nitrogen functional groups attached to an aromatic ring is 1. The first-order chi connectivity index (χ1) is 21.6. The van der Waals surface area contributed by atoms with Crippen LogP contribution in [0.2, 0.25) is 0 Å². The van der Waals surface area contributed by atoms with Gasteiger partial charge in [-0.25, -0.2) is 13.2 Å². The minimum absolute atomic E-state index is 0.0274. The van der Waals surface area contributed by atoms with E-state index in [4.69, 9.17) is 29.1 Å². The molecule has 0 radical (unpaired) electrons. The number of carbonyl (C=O) groups is 1. The van der Waals surface area contributed by atoms with Crippen molar-refractivity contribution in [3.8, 4) is 5.75 Å². The zero-order valence-electron chi connectivity index (χ0n) is 25.9. The third-order valence-corrected chi connectivity index (χ3v) is 10.8. The molecule has 3 aliphatic heterocycles. The Labute approximate surface area is 263 Å². The number of sulfonamides is 1. The first-order valence-corrected chi connectivity index (χ1v) is 17.1. The zero-order chi connectivity index (χ0) is 31.7. The molecule has 3 N–H and O–H groups in total. The Morgan fingerprint density at radius 3 is 2.80 bits per heavy atom. The van der Waals surface area contributed by atoms with E-state index in [9.17, 15) is 13.2 Å². The van der Waals surface area contributed by atoms with Gasteiger partial charge in [-0.2, -0.15) is 9.29 Å². The van der Waals surface area contributed by atoms with Gasteiger partial charge in [0.1, 0.15) is 17.4 Å². The van der Waals surface area contributed by atoms with Gasteiger partial charge in [0.05, 0.1) is 24.7 Å². The molecule has 7 rings (SSSR count). The number of alkyl carbamates (subject to hydrolysis) is 1. The second-order valence-corrected chi connectivity index (χ2v) is 14.6. The number of nitrogens with one attached hydrogen (secondary N) is 1. The number of nitrogens with zero attached hydrogens (tertiary/aromatic N) is 2. The number of carbonyl (C=O) groups excluding carboxylic acids is 1. The Morgan fingerprint density at radius 1 is 1.18 bits per heavy atom. The molecule has 2 aromatic carbocycles. The molecule has 4 fully saturated rings. The van der Waals surface area contributed by atoms with Crippen molar-refractivity contribution in [2.75, 3.05) is 32.5 Å². The first kappa shape index (κ1) is 31.6. The third-order valence-electron chi connectivity index (χ3n) is 8.93. The highest BCUT2D eigenvalue weighted by molar-refractivity contribution is 7.89. The smallest absolute Gasteiger partial charge is 0.407 e. The number of amides is 1. The van der Waals surface area contributed by atoms with Crippen molar-refractivity contribution in [2.24, 2.45) is 17.8 Å². The first-order valence-electron chi connectivity index (χ1n) is 15.6. The van der Waals surface area contributed by atoms with E-state index in [0.29, 0.717) is 48.8 Å². The molecular weight excluding hydrogens is 600 g/mol. The van der Waals surface area contributed by atoms with Crippen LogP contribution in [0.25, 0.3) is 11.1 Å². The molecule has 4 heterocycles. The summed E-state index contributed by atoms with van der Waals surface area (Å²) >= 11 is 0. The molecular formula is C32H42N4O8S. The third kappa shape index (κ3) is 7.06. The van der Waals surface area contributed by atoms with E-state index in [1.807, 2.05) is 38.1 Å². The van der Waals surface area contributed by atoms with E-state index in [2.05, 4.69) is 10.3 Å². The van der Waals surface area contributed by atoms with Crippen LogP contribution in [0.1, 0.15) is 45.1 Å². The van der Waals surface area contributed by atoms with Crippen molar-refractivity contribution in [1.82, 2.24) is 14.6 Å². The van der Waals surface area contributed by atoms with Gasteiger partial charge < -0.3 is 34.4 Å². The predicted octanol–water partition coefficient (Wildman–Crippen LogP) is 4.33. The minimum atomic E-state index is -3.91. The number of benzene rings is 2. The summed E-state index contributed by atoms with van der Waals surface area (Å²) < 4.78 is 58.2. The molecule has 0 spiro atoms. The van der Waals surface area contributed by atoms with Crippen LogP contribution in [0.15, 0.2) is 51.8 Å². The minimum Gasteiger partial charge on any atom is -0.497 e. The lowest BCUT2D eigenvalue weighted by molar-refractivity contribution is -0.139. The molecule has 5 unspecified atom stereocenters. The molecule has 13 heteroatoms. The maximum Gasteiger partial charge on any atom is 0.407 e. The van der Waals surface area contributed by atoms with Crippen LogP contribution >= 0.6 is 0 Å². The van der Waals surface area contributed by atoms with Gasteiger partial charge in [0, 0.05) is 37.0 Å². The number of oxazole rings is 1. The quantitative estimate of drug-likeness (QED) is 0.292. The lowest BCUT2D eigenvalue weighted by atomic mass is 9.96. The van der Waals surface area contributed by atoms with Crippen molar-refractivity contribution >= 4 is 33.2 Å². The lowest BCUT2D eigenvalue weighted by Crippen LogP contribution is -2.45. The molecule has 4 aliphatic rings. The van der Waals surface area contributed by atoms with E-state index in [1.165, 1.54) is 16.4 Å². The number of rotatable bonds is 12. The highest BCUT2D eigenvalue weighted by Gasteiger charge is 2.50. The summed E-state index contributed by atoms with van der Waals surface area (Å²) in [4.78, 5) is 17.6. The highest BCUT2D eigenvalue weighted by Crippen LogP contribution is 2.44. The number of aromatic nitrogens is 1. The second kappa shape index (κ2) is 13.1. The largest absolute Gasteiger partial charge is 0.497 e. The number of hydrogen-bond acceptors (Lipinski definition) is 10. The van der Waals surface area contributed by atoms with E-state index in [-0.39, 0.29) is 41.7 Å². The average molecular weight is 643 g/mol. The summed E-state index contributed by atoms with van der Waals surface area (Å²) in [6, 6.07) is 11.7. The van der Waals surface area contributed by atoms with Crippen molar-refractivity contribution in [3.05, 3.63) is 48.0 Å². The maximum atomic E-state index is 13.9. The van der Waals surface area contributed by atoms with Gasteiger partial charge >= 0.3 is 6.09 Å². The summed E-state index contributed by atoms with van der Waals surface area (Å²) in [7, 11) is -2.31. The molecule has 244 valence electrons. The van der Waals surface area contributed by atoms with Crippen LogP contribution in [0.5, 0.6) is 5.75 Å². The fourth-order valence-electron chi connectivity index (χ4n) is 6.74. The normalized spacial score (nSPS) is 25.0. The highest BCUT2D eigenvalue weighted by atomic mass is 32.2. The second-order valence-electron chi connectivity index (χ2n) is 12.7. The molecule has 45 heavy (non-hydrogen) atoms.